The first-order valence-electron chi connectivity index (χ1n) is 13.4. The number of hydrogen-bond acceptors (Lipinski definition) is 3. The van der Waals surface area contributed by atoms with Gasteiger partial charge in [0.15, 0.2) is 11.6 Å². The van der Waals surface area contributed by atoms with Crippen molar-refractivity contribution in [3.63, 3.8) is 0 Å². The molecule has 0 radical (unpaired) electrons. The molecule has 1 aromatic rings. The number of nitrogens with zero attached hydrogens (tertiary/aromatic N) is 1. The van der Waals surface area contributed by atoms with Gasteiger partial charge in [-0.3, -0.25) is 4.79 Å². The fraction of sp³-hybridized carbons (Fsp3) is 0.655. The second-order valence-electron chi connectivity index (χ2n) is 9.98. The van der Waals surface area contributed by atoms with Gasteiger partial charge in [0, 0.05) is 46.0 Å². The van der Waals surface area contributed by atoms with Gasteiger partial charge in [0.1, 0.15) is 5.78 Å². The van der Waals surface area contributed by atoms with Crippen LogP contribution in [0.15, 0.2) is 31.4 Å². The van der Waals surface area contributed by atoms with Crippen molar-refractivity contribution in [2.24, 2.45) is 5.92 Å². The summed E-state index contributed by atoms with van der Waals surface area (Å²) in [6.45, 7) is 9.88. The van der Waals surface area contributed by atoms with E-state index in [2.05, 4.69) is 18.1 Å². The van der Waals surface area contributed by atoms with Gasteiger partial charge in [0.2, 0.25) is 5.91 Å². The molecule has 0 aromatic heterocycles. The van der Waals surface area contributed by atoms with Crippen LogP contribution in [0.25, 0.3) is 5.73 Å². The number of ketones is 1. The van der Waals surface area contributed by atoms with Crippen molar-refractivity contribution >= 4 is 11.7 Å². The van der Waals surface area contributed by atoms with E-state index in [0.717, 1.165) is 44.9 Å². The minimum Gasteiger partial charge on any atom is -0.668 e. The van der Waals surface area contributed by atoms with E-state index in [1.54, 1.807) is 12.1 Å². The fourth-order valence-electron chi connectivity index (χ4n) is 5.98. The van der Waals surface area contributed by atoms with Crippen LogP contribution in [0.1, 0.15) is 102 Å². The van der Waals surface area contributed by atoms with Gasteiger partial charge < -0.3 is 20.5 Å². The summed E-state index contributed by atoms with van der Waals surface area (Å²) in [4.78, 5) is 25.5. The second-order valence-corrected chi connectivity index (χ2v) is 9.98. The molecule has 3 fully saturated rings. The van der Waals surface area contributed by atoms with Crippen LogP contribution in [0.2, 0.25) is 0 Å². The molecule has 1 amide bonds. The largest absolute Gasteiger partial charge is 0.668 e. The average Bonchev–Trinajstić information content (AvgIpc) is 3.16. The molecule has 202 valence electrons. The zero-order valence-electron chi connectivity index (χ0n) is 22.0. The first-order chi connectivity index (χ1) is 16.9. The molecule has 2 N–H and O–H groups in total. The zero-order chi connectivity index (χ0) is 26.0. The van der Waals surface area contributed by atoms with Crippen LogP contribution in [0, 0.1) is 11.7 Å². The van der Waals surface area contributed by atoms with Gasteiger partial charge in [0.25, 0.3) is 0 Å². The molecule has 5 nitrogen and oxygen atoms in total. The van der Waals surface area contributed by atoms with E-state index in [4.69, 9.17) is 5.73 Å². The Kier molecular flexibility index (Phi) is 14.8. The van der Waals surface area contributed by atoms with Crippen LogP contribution in [0.4, 0.5) is 4.39 Å². The Morgan fingerprint density at radius 2 is 1.67 bits per heavy atom. The van der Waals surface area contributed by atoms with E-state index in [1.165, 1.54) is 25.3 Å². The van der Waals surface area contributed by atoms with E-state index in [0.29, 0.717) is 24.3 Å². The second kappa shape index (κ2) is 16.3. The third kappa shape index (κ3) is 8.24. The summed E-state index contributed by atoms with van der Waals surface area (Å²) in [5.41, 5.74) is 8.33. The number of hydrogen-bond donors (Lipinski definition) is 1. The third-order valence-electron chi connectivity index (χ3n) is 7.75. The van der Waals surface area contributed by atoms with Crippen LogP contribution in [0.3, 0.4) is 0 Å². The molecule has 7 heteroatoms. The third-order valence-corrected chi connectivity index (χ3v) is 7.75. The molecule has 1 aliphatic carbocycles. The Morgan fingerprint density at radius 1 is 1.08 bits per heavy atom. The number of amides is 1. The zero-order valence-corrected chi connectivity index (χ0v) is 24.9. The van der Waals surface area contributed by atoms with Gasteiger partial charge in [-0.25, -0.2) is 4.39 Å². The smallest absolute Gasteiger partial charge is 0.223 e. The number of aromatic hydroxyl groups is 1. The summed E-state index contributed by atoms with van der Waals surface area (Å²) in [6.07, 6.45) is 11.6. The number of piperidine rings is 1. The van der Waals surface area contributed by atoms with E-state index >= 15 is 0 Å². The standard InChI is InChI=1S/C17H22FNO2.C10H18NO.C2H4.W/c1-2-4-16(21)19-12-7-8-13(19)10-11(9-12)14-5-3-6-15(20)17(14)18;1-2-9(12)10(11)8-6-4-3-5-7-8;1-2;/h3,5-6,11-13,20H,2,4,7-10H2,1H3;8,10-11H,2-7H2,1H3;1-2H2;/q;-1;;. The number of fused-ring (bicyclic) bond motifs is 2. The van der Waals surface area contributed by atoms with Crippen LogP contribution < -0.4 is 0 Å². The predicted octanol–water partition coefficient (Wildman–Crippen LogP) is 7.33. The SMILES string of the molecule is C=C.CCC(=O)C([NH-])C1CCCCC1.CCCC(=O)N1C2CCC1CC(c1cccc(O)c1F)C2.[W]. The maximum Gasteiger partial charge on any atom is 0.223 e. The molecule has 3 unspecified atom stereocenters. The molecular formula is C29H44FN2O3W-. The number of benzene rings is 1. The number of phenols is 1. The summed E-state index contributed by atoms with van der Waals surface area (Å²) in [7, 11) is 0. The first kappa shape index (κ1) is 32.5. The minimum atomic E-state index is -0.491. The summed E-state index contributed by atoms with van der Waals surface area (Å²) in [5.74, 6) is 0.0905. The van der Waals surface area contributed by atoms with E-state index in [1.807, 2.05) is 13.8 Å². The summed E-state index contributed by atoms with van der Waals surface area (Å²) in [5, 5.41) is 9.55. The molecule has 2 aliphatic heterocycles. The molecular weight excluding hydrogens is 627 g/mol. The molecule has 2 bridgehead atoms. The molecule has 3 atom stereocenters. The molecule has 3 aliphatic rings. The number of carbonyl (C=O) groups is 2. The predicted molar refractivity (Wildman–Crippen MR) is 140 cm³/mol. The van der Waals surface area contributed by atoms with Crippen molar-refractivity contribution in [1.82, 2.24) is 4.90 Å². The van der Waals surface area contributed by atoms with Gasteiger partial charge in [-0.15, -0.1) is 13.2 Å². The van der Waals surface area contributed by atoms with Gasteiger partial charge >= 0.3 is 0 Å². The van der Waals surface area contributed by atoms with Gasteiger partial charge in [-0.2, -0.15) is 0 Å². The minimum absolute atomic E-state index is 0. The normalized spacial score (nSPS) is 23.8. The topological polar surface area (TPSA) is 81.4 Å². The molecule has 0 spiro atoms. The van der Waals surface area contributed by atoms with Crippen LogP contribution in [0.5, 0.6) is 5.75 Å². The van der Waals surface area contributed by atoms with Crippen molar-refractivity contribution in [1.29, 1.82) is 0 Å². The fourth-order valence-corrected chi connectivity index (χ4v) is 5.98. The first-order valence-corrected chi connectivity index (χ1v) is 13.4. The maximum absolute atomic E-state index is 14.1. The summed E-state index contributed by atoms with van der Waals surface area (Å²) >= 11 is 0. The summed E-state index contributed by atoms with van der Waals surface area (Å²) < 4.78 is 14.1. The number of phenolic OH excluding ortho intramolecular Hbond substituents is 1. The van der Waals surface area contributed by atoms with Crippen LogP contribution in [-0.2, 0) is 30.7 Å². The molecule has 1 saturated carbocycles. The average molecular weight is 672 g/mol. The Bertz CT molecular complexity index is 817. The molecule has 36 heavy (non-hydrogen) atoms. The molecule has 2 heterocycles. The molecule has 1 aromatic carbocycles. The maximum atomic E-state index is 14.1. The van der Waals surface area contributed by atoms with E-state index in [-0.39, 0.29) is 56.5 Å². The Hall–Kier alpha value is -1.52. The monoisotopic (exact) mass is 671 g/mol. The van der Waals surface area contributed by atoms with Gasteiger partial charge in [0.05, 0.1) is 0 Å². The van der Waals surface area contributed by atoms with Crippen molar-refractivity contribution in [3.8, 4) is 5.75 Å². The Labute approximate surface area is 231 Å². The van der Waals surface area contributed by atoms with E-state index < -0.39 is 11.9 Å². The number of halogens is 1. The van der Waals surface area contributed by atoms with Crippen molar-refractivity contribution in [3.05, 3.63) is 48.5 Å². The van der Waals surface area contributed by atoms with Gasteiger partial charge in [-0.05, 0) is 49.7 Å². The van der Waals surface area contributed by atoms with Crippen LogP contribution >= 0.6 is 0 Å². The molecule has 2 saturated heterocycles. The molecule has 4 rings (SSSR count). The number of Topliss-reactive ketones (excluding diaryl/α,β-unsaturated/α-hetero) is 1. The number of rotatable bonds is 6. The quantitative estimate of drug-likeness (QED) is 0.322. The van der Waals surface area contributed by atoms with E-state index in [9.17, 15) is 19.1 Å². The van der Waals surface area contributed by atoms with Crippen LogP contribution in [-0.4, -0.2) is 39.8 Å². The van der Waals surface area contributed by atoms with Crippen molar-refractivity contribution < 1.29 is 40.2 Å². The van der Waals surface area contributed by atoms with Crippen molar-refractivity contribution in [2.75, 3.05) is 0 Å². The Morgan fingerprint density at radius 3 is 2.19 bits per heavy atom. The van der Waals surface area contributed by atoms with Crippen molar-refractivity contribution in [2.45, 2.75) is 115 Å². The summed E-state index contributed by atoms with van der Waals surface area (Å²) in [6, 6.07) is 4.92. The number of carbonyl (C=O) groups excluding carboxylic acids is 2. The number of nitrogens with one attached hydrogen (secondary N) is 1. The Balaban J connectivity index is 0.000000371. The van der Waals surface area contributed by atoms with Gasteiger partial charge in [-0.1, -0.05) is 70.0 Å².